The zero-order valence-corrected chi connectivity index (χ0v) is 11.9. The Morgan fingerprint density at radius 2 is 2.37 bits per heavy atom. The summed E-state index contributed by atoms with van der Waals surface area (Å²) in [5.41, 5.74) is 0.169. The monoisotopic (exact) mass is 324 g/mol. The van der Waals surface area contributed by atoms with Gasteiger partial charge < -0.3 is 14.4 Å². The number of halogens is 1. The second kappa shape index (κ2) is 5.88. The minimum atomic E-state index is -0.998. The van der Waals surface area contributed by atoms with Crippen molar-refractivity contribution in [1.29, 1.82) is 0 Å². The number of carboxylic acids is 1. The highest BCUT2D eigenvalue weighted by atomic mass is 79.9. The van der Waals surface area contributed by atoms with E-state index in [1.165, 1.54) is 0 Å². The maximum atomic E-state index is 11.3. The number of hydrogen-bond acceptors (Lipinski definition) is 4. The number of aromatic carboxylic acids is 1. The molecule has 19 heavy (non-hydrogen) atoms. The van der Waals surface area contributed by atoms with E-state index in [1.807, 2.05) is 17.9 Å². The van der Waals surface area contributed by atoms with Crippen LogP contribution in [0.15, 0.2) is 39.5 Å². The van der Waals surface area contributed by atoms with Gasteiger partial charge >= 0.3 is 5.97 Å². The summed E-state index contributed by atoms with van der Waals surface area (Å²) in [5, 5.41) is 9.25. The summed E-state index contributed by atoms with van der Waals surface area (Å²) >= 11 is 3.23. The van der Waals surface area contributed by atoms with E-state index in [-0.39, 0.29) is 5.56 Å². The topological polar surface area (TPSA) is 66.6 Å². The van der Waals surface area contributed by atoms with Crippen LogP contribution in [0, 0.1) is 0 Å². The lowest BCUT2D eigenvalue weighted by Gasteiger charge is -2.22. The Kier molecular flexibility index (Phi) is 4.21. The van der Waals surface area contributed by atoms with Crippen molar-refractivity contribution in [2.24, 2.45) is 0 Å². The number of carbonyl (C=O) groups is 1. The van der Waals surface area contributed by atoms with Gasteiger partial charge in [0.2, 0.25) is 0 Å². The molecule has 0 aromatic carbocycles. The van der Waals surface area contributed by atoms with E-state index in [2.05, 4.69) is 20.9 Å². The molecule has 6 heteroatoms. The minimum Gasteiger partial charge on any atom is -0.478 e. The van der Waals surface area contributed by atoms with Crippen molar-refractivity contribution in [2.75, 3.05) is 11.4 Å². The van der Waals surface area contributed by atoms with E-state index in [0.29, 0.717) is 23.4 Å². The highest BCUT2D eigenvalue weighted by molar-refractivity contribution is 9.10. The highest BCUT2D eigenvalue weighted by Crippen LogP contribution is 2.23. The van der Waals surface area contributed by atoms with Gasteiger partial charge in [-0.05, 0) is 41.1 Å². The smallest absolute Gasteiger partial charge is 0.339 e. The number of furan rings is 1. The van der Waals surface area contributed by atoms with Crippen LogP contribution in [0.25, 0.3) is 0 Å². The first-order valence-corrected chi connectivity index (χ1v) is 6.57. The van der Waals surface area contributed by atoms with Crippen molar-refractivity contribution in [3.63, 3.8) is 0 Å². The van der Waals surface area contributed by atoms with Crippen LogP contribution in [0.2, 0.25) is 0 Å². The highest BCUT2D eigenvalue weighted by Gasteiger charge is 2.18. The van der Waals surface area contributed by atoms with Crippen molar-refractivity contribution in [2.45, 2.75) is 13.5 Å². The predicted octanol–water partition coefficient (Wildman–Crippen LogP) is 3.16. The summed E-state index contributed by atoms with van der Waals surface area (Å²) in [6.07, 6.45) is 3.18. The molecule has 0 radical (unpaired) electrons. The van der Waals surface area contributed by atoms with E-state index in [4.69, 9.17) is 4.42 Å². The zero-order valence-electron chi connectivity index (χ0n) is 10.3. The largest absolute Gasteiger partial charge is 0.478 e. The second-order valence-electron chi connectivity index (χ2n) is 3.92. The van der Waals surface area contributed by atoms with E-state index in [1.54, 1.807) is 24.6 Å². The maximum Gasteiger partial charge on any atom is 0.339 e. The van der Waals surface area contributed by atoms with E-state index < -0.39 is 5.97 Å². The van der Waals surface area contributed by atoms with Crippen molar-refractivity contribution in [3.8, 4) is 0 Å². The van der Waals surface area contributed by atoms with Gasteiger partial charge in [0, 0.05) is 17.2 Å². The molecule has 1 N–H and O–H groups in total. The third-order valence-electron chi connectivity index (χ3n) is 2.67. The minimum absolute atomic E-state index is 0.169. The van der Waals surface area contributed by atoms with Crippen LogP contribution in [0.1, 0.15) is 23.0 Å². The molecule has 0 saturated carbocycles. The van der Waals surface area contributed by atoms with Crippen LogP contribution in [0.3, 0.4) is 0 Å². The zero-order chi connectivity index (χ0) is 13.8. The van der Waals surface area contributed by atoms with Gasteiger partial charge in [0.1, 0.15) is 17.1 Å². The second-order valence-corrected chi connectivity index (χ2v) is 4.84. The summed E-state index contributed by atoms with van der Waals surface area (Å²) in [6, 6.07) is 5.20. The first-order chi connectivity index (χ1) is 9.11. The van der Waals surface area contributed by atoms with Crippen LogP contribution in [0.5, 0.6) is 0 Å². The Labute approximate surface area is 119 Å². The molecule has 0 atom stereocenters. The third kappa shape index (κ3) is 3.14. The molecule has 2 heterocycles. The van der Waals surface area contributed by atoms with Gasteiger partial charge in [0.15, 0.2) is 0 Å². The number of carboxylic acid groups (broad SMARTS) is 1. The number of rotatable bonds is 5. The van der Waals surface area contributed by atoms with E-state index >= 15 is 0 Å². The van der Waals surface area contributed by atoms with Gasteiger partial charge in [0.25, 0.3) is 0 Å². The van der Waals surface area contributed by atoms with Crippen molar-refractivity contribution in [3.05, 3.63) is 46.5 Å². The summed E-state index contributed by atoms with van der Waals surface area (Å²) < 4.78 is 5.93. The molecule has 0 aliphatic carbocycles. The molecular weight excluding hydrogens is 312 g/mol. The van der Waals surface area contributed by atoms with Gasteiger partial charge in [-0.15, -0.1) is 0 Å². The predicted molar refractivity (Wildman–Crippen MR) is 74.3 cm³/mol. The Morgan fingerprint density at radius 1 is 1.58 bits per heavy atom. The summed E-state index contributed by atoms with van der Waals surface area (Å²) in [7, 11) is 0. The molecule has 0 aliphatic heterocycles. The fraction of sp³-hybridized carbons (Fsp3) is 0.231. The number of aromatic nitrogens is 1. The van der Waals surface area contributed by atoms with Crippen molar-refractivity contribution >= 4 is 27.7 Å². The number of hydrogen-bond donors (Lipinski definition) is 1. The average molecular weight is 325 g/mol. The van der Waals surface area contributed by atoms with Crippen LogP contribution in [-0.2, 0) is 6.54 Å². The molecule has 2 aromatic rings. The van der Waals surface area contributed by atoms with Crippen LogP contribution >= 0.6 is 15.9 Å². The number of nitrogens with zero attached hydrogens (tertiary/aromatic N) is 2. The van der Waals surface area contributed by atoms with E-state index in [9.17, 15) is 9.90 Å². The molecule has 0 bridgehead atoms. The lowest BCUT2D eigenvalue weighted by atomic mass is 10.2. The molecule has 2 aromatic heterocycles. The normalized spacial score (nSPS) is 10.4. The standard InChI is InChI=1S/C13H13BrN2O3/c1-2-16(8-10-4-3-5-19-10)12-11(13(17)18)6-9(14)7-15-12/h3-7H,2,8H2,1H3,(H,17,18). The lowest BCUT2D eigenvalue weighted by molar-refractivity contribution is 0.0697. The van der Waals surface area contributed by atoms with Crippen LogP contribution in [0.4, 0.5) is 5.82 Å². The summed E-state index contributed by atoms with van der Waals surface area (Å²) in [5.74, 6) is 0.208. The number of pyridine rings is 1. The van der Waals surface area contributed by atoms with E-state index in [0.717, 1.165) is 5.76 Å². The van der Waals surface area contributed by atoms with Gasteiger partial charge in [-0.25, -0.2) is 9.78 Å². The lowest BCUT2D eigenvalue weighted by Crippen LogP contribution is -2.25. The van der Waals surface area contributed by atoms with Gasteiger partial charge in [-0.3, -0.25) is 0 Å². The third-order valence-corrected chi connectivity index (χ3v) is 3.11. The van der Waals surface area contributed by atoms with Gasteiger partial charge in [-0.2, -0.15) is 0 Å². The molecule has 2 rings (SSSR count). The number of anilines is 1. The van der Waals surface area contributed by atoms with Crippen molar-refractivity contribution < 1.29 is 14.3 Å². The summed E-state index contributed by atoms with van der Waals surface area (Å²) in [6.45, 7) is 3.06. The molecule has 100 valence electrons. The molecule has 0 unspecified atom stereocenters. The average Bonchev–Trinajstić information content (AvgIpc) is 2.89. The maximum absolute atomic E-state index is 11.3. The Bertz CT molecular complexity index is 569. The first-order valence-electron chi connectivity index (χ1n) is 5.78. The molecular formula is C13H13BrN2O3. The van der Waals surface area contributed by atoms with Crippen LogP contribution < -0.4 is 4.90 Å². The quantitative estimate of drug-likeness (QED) is 0.915. The molecule has 0 amide bonds. The SMILES string of the molecule is CCN(Cc1ccco1)c1ncc(Br)cc1C(=O)O. The van der Waals surface area contributed by atoms with Gasteiger partial charge in [-0.1, -0.05) is 0 Å². The molecule has 0 saturated heterocycles. The molecule has 0 fully saturated rings. The summed E-state index contributed by atoms with van der Waals surface area (Å²) in [4.78, 5) is 17.3. The molecule has 5 nitrogen and oxygen atoms in total. The fourth-order valence-corrected chi connectivity index (χ4v) is 2.10. The molecule has 0 spiro atoms. The fourth-order valence-electron chi connectivity index (χ4n) is 1.77. The first kappa shape index (κ1) is 13.6. The Morgan fingerprint density at radius 3 is 2.95 bits per heavy atom. The Hall–Kier alpha value is -1.82. The van der Waals surface area contributed by atoms with Crippen molar-refractivity contribution in [1.82, 2.24) is 4.98 Å². The Balaban J connectivity index is 2.35. The van der Waals surface area contributed by atoms with Crippen LogP contribution in [-0.4, -0.2) is 22.6 Å². The van der Waals surface area contributed by atoms with Gasteiger partial charge in [0.05, 0.1) is 12.8 Å². The molecule has 0 aliphatic rings.